The molecule has 6 heteroatoms. The van der Waals surface area contributed by atoms with Crippen molar-refractivity contribution in [3.63, 3.8) is 0 Å². The highest BCUT2D eigenvalue weighted by molar-refractivity contribution is 7.92. The number of hydrogen-bond donors (Lipinski definition) is 1. The second-order valence-corrected chi connectivity index (χ2v) is 8.55. The van der Waals surface area contributed by atoms with Crippen LogP contribution in [0, 0.1) is 12.7 Å². The molecule has 0 atom stereocenters. The largest absolute Gasteiger partial charge is 0.277 e. The van der Waals surface area contributed by atoms with Crippen LogP contribution in [-0.4, -0.2) is 8.42 Å². The van der Waals surface area contributed by atoms with E-state index in [0.717, 1.165) is 11.6 Å². The van der Waals surface area contributed by atoms with E-state index in [0.29, 0.717) is 5.56 Å². The zero-order chi connectivity index (χ0) is 17.4. The molecule has 0 aliphatic rings. The summed E-state index contributed by atoms with van der Waals surface area (Å²) in [4.78, 5) is 0.129. The van der Waals surface area contributed by atoms with Crippen LogP contribution in [-0.2, 0) is 15.4 Å². The third kappa shape index (κ3) is 4.03. The number of rotatable bonds is 3. The molecule has 3 nitrogen and oxygen atoms in total. The highest BCUT2D eigenvalue weighted by atomic mass is 35.5. The van der Waals surface area contributed by atoms with Gasteiger partial charge >= 0.3 is 0 Å². The second-order valence-electron chi connectivity index (χ2n) is 6.46. The molecule has 0 fully saturated rings. The van der Waals surface area contributed by atoms with Gasteiger partial charge in [0.2, 0.25) is 0 Å². The molecule has 2 rings (SSSR count). The van der Waals surface area contributed by atoms with Gasteiger partial charge in [-0.2, -0.15) is 0 Å². The Morgan fingerprint density at radius 3 is 2.35 bits per heavy atom. The van der Waals surface area contributed by atoms with E-state index in [1.165, 1.54) is 12.1 Å². The summed E-state index contributed by atoms with van der Waals surface area (Å²) >= 11 is 5.81. The Morgan fingerprint density at radius 1 is 1.09 bits per heavy atom. The topological polar surface area (TPSA) is 46.2 Å². The monoisotopic (exact) mass is 355 g/mol. The van der Waals surface area contributed by atoms with E-state index in [1.807, 2.05) is 26.8 Å². The molecule has 0 unspecified atom stereocenters. The molecule has 2 aromatic carbocycles. The van der Waals surface area contributed by atoms with Gasteiger partial charge in [-0.15, -0.1) is 0 Å². The number of anilines is 1. The number of halogens is 2. The first-order valence-corrected chi connectivity index (χ1v) is 8.96. The van der Waals surface area contributed by atoms with Gasteiger partial charge in [-0.25, -0.2) is 12.8 Å². The molecule has 2 aromatic rings. The Morgan fingerprint density at radius 2 is 1.74 bits per heavy atom. The van der Waals surface area contributed by atoms with Crippen molar-refractivity contribution in [1.29, 1.82) is 0 Å². The molecule has 0 aromatic heterocycles. The third-order valence-electron chi connectivity index (χ3n) is 3.52. The SMILES string of the molecule is Cc1ccc(C(C)(C)C)cc1S(=O)(=O)Nc1cc(Cl)ccc1F. The lowest BCUT2D eigenvalue weighted by molar-refractivity contribution is 0.584. The van der Waals surface area contributed by atoms with Gasteiger partial charge in [0.1, 0.15) is 5.82 Å². The van der Waals surface area contributed by atoms with Crippen molar-refractivity contribution in [3.8, 4) is 0 Å². The van der Waals surface area contributed by atoms with Gasteiger partial charge in [0.05, 0.1) is 10.6 Å². The van der Waals surface area contributed by atoms with Gasteiger partial charge in [-0.1, -0.05) is 44.5 Å². The molecule has 1 N–H and O–H groups in total. The molecule has 0 bridgehead atoms. The van der Waals surface area contributed by atoms with Crippen LogP contribution < -0.4 is 4.72 Å². The lowest BCUT2D eigenvalue weighted by atomic mass is 9.87. The maximum absolute atomic E-state index is 13.8. The summed E-state index contributed by atoms with van der Waals surface area (Å²) in [6.07, 6.45) is 0. The fourth-order valence-corrected chi connectivity index (χ4v) is 3.63. The minimum atomic E-state index is -3.91. The number of nitrogens with one attached hydrogen (secondary N) is 1. The van der Waals surface area contributed by atoms with Crippen molar-refractivity contribution in [2.75, 3.05) is 4.72 Å². The third-order valence-corrected chi connectivity index (χ3v) is 5.26. The molecule has 0 spiro atoms. The lowest BCUT2D eigenvalue weighted by Crippen LogP contribution is -2.18. The summed E-state index contributed by atoms with van der Waals surface area (Å²) in [5.41, 5.74) is 1.11. The first-order chi connectivity index (χ1) is 10.5. The molecule has 124 valence electrons. The maximum atomic E-state index is 13.8. The van der Waals surface area contributed by atoms with E-state index >= 15 is 0 Å². The molecule has 23 heavy (non-hydrogen) atoms. The van der Waals surface area contributed by atoms with Gasteiger partial charge in [0.15, 0.2) is 0 Å². The molecule has 0 radical (unpaired) electrons. The van der Waals surface area contributed by atoms with Gasteiger partial charge in [-0.05, 0) is 47.7 Å². The Kier molecular flexibility index (Phi) is 4.74. The first-order valence-electron chi connectivity index (χ1n) is 7.10. The average molecular weight is 356 g/mol. The minimum Gasteiger partial charge on any atom is -0.277 e. The van der Waals surface area contributed by atoms with Crippen LogP contribution in [0.25, 0.3) is 0 Å². The van der Waals surface area contributed by atoms with Crippen LogP contribution in [0.1, 0.15) is 31.9 Å². The Balaban J connectivity index is 2.50. The molecule has 0 heterocycles. The van der Waals surface area contributed by atoms with E-state index in [-0.39, 0.29) is 21.0 Å². The highest BCUT2D eigenvalue weighted by Gasteiger charge is 2.22. The Hall–Kier alpha value is -1.59. The van der Waals surface area contributed by atoms with E-state index in [1.54, 1.807) is 19.1 Å². The smallest absolute Gasteiger partial charge is 0.262 e. The zero-order valence-corrected chi connectivity index (χ0v) is 15.0. The summed E-state index contributed by atoms with van der Waals surface area (Å²) in [6.45, 7) is 7.70. The van der Waals surface area contributed by atoms with E-state index < -0.39 is 15.8 Å². The molecular weight excluding hydrogens is 337 g/mol. The van der Waals surface area contributed by atoms with Crippen molar-refractivity contribution in [3.05, 3.63) is 58.4 Å². The standard InChI is InChI=1S/C17H19ClFNO2S/c1-11-5-6-12(17(2,3)4)9-16(11)23(21,22)20-15-10-13(18)7-8-14(15)19/h5-10,20H,1-4H3. The molecule has 0 aliphatic carbocycles. The lowest BCUT2D eigenvalue weighted by Gasteiger charge is -2.21. The summed E-state index contributed by atoms with van der Waals surface area (Å²) in [5.74, 6) is -0.678. The first kappa shape index (κ1) is 17.8. The molecule has 0 saturated carbocycles. The maximum Gasteiger partial charge on any atom is 0.262 e. The Bertz CT molecular complexity index is 842. The fraction of sp³-hybridized carbons (Fsp3) is 0.294. The predicted molar refractivity (Wildman–Crippen MR) is 92.1 cm³/mol. The van der Waals surface area contributed by atoms with Crippen LogP contribution in [0.2, 0.25) is 5.02 Å². The van der Waals surface area contributed by atoms with Crippen molar-refractivity contribution < 1.29 is 12.8 Å². The van der Waals surface area contributed by atoms with Crippen LogP contribution >= 0.6 is 11.6 Å². The molecule has 0 saturated heterocycles. The van der Waals surface area contributed by atoms with Gasteiger partial charge in [0, 0.05) is 5.02 Å². The van der Waals surface area contributed by atoms with Gasteiger partial charge in [0.25, 0.3) is 10.0 Å². The summed E-state index contributed by atoms with van der Waals surface area (Å²) in [6, 6.07) is 9.01. The summed E-state index contributed by atoms with van der Waals surface area (Å²) in [5, 5.41) is 0.254. The van der Waals surface area contributed by atoms with Crippen molar-refractivity contribution >= 4 is 27.3 Å². The van der Waals surface area contributed by atoms with Crippen LogP contribution in [0.4, 0.5) is 10.1 Å². The highest BCUT2D eigenvalue weighted by Crippen LogP contribution is 2.29. The fourth-order valence-electron chi connectivity index (χ4n) is 2.13. The quantitative estimate of drug-likeness (QED) is 0.852. The van der Waals surface area contributed by atoms with Crippen molar-refractivity contribution in [2.45, 2.75) is 38.0 Å². The van der Waals surface area contributed by atoms with Gasteiger partial charge in [-0.3, -0.25) is 4.72 Å². The number of sulfonamides is 1. The zero-order valence-electron chi connectivity index (χ0n) is 13.4. The average Bonchev–Trinajstić information content (AvgIpc) is 2.41. The van der Waals surface area contributed by atoms with Crippen LogP contribution in [0.15, 0.2) is 41.3 Å². The molecule has 0 aliphatic heterocycles. The molecule has 0 amide bonds. The molecular formula is C17H19ClFNO2S. The van der Waals surface area contributed by atoms with E-state index in [4.69, 9.17) is 11.6 Å². The van der Waals surface area contributed by atoms with Crippen molar-refractivity contribution in [2.24, 2.45) is 0 Å². The van der Waals surface area contributed by atoms with E-state index in [9.17, 15) is 12.8 Å². The van der Waals surface area contributed by atoms with Crippen molar-refractivity contribution in [1.82, 2.24) is 0 Å². The van der Waals surface area contributed by atoms with Crippen LogP contribution in [0.5, 0.6) is 0 Å². The summed E-state index contributed by atoms with van der Waals surface area (Å²) in [7, 11) is -3.91. The summed E-state index contributed by atoms with van der Waals surface area (Å²) < 4.78 is 41.4. The van der Waals surface area contributed by atoms with E-state index in [2.05, 4.69) is 4.72 Å². The van der Waals surface area contributed by atoms with Gasteiger partial charge < -0.3 is 0 Å². The minimum absolute atomic E-state index is 0.129. The predicted octanol–water partition coefficient (Wildman–Crippen LogP) is 4.89. The number of benzene rings is 2. The number of hydrogen-bond acceptors (Lipinski definition) is 2. The second kappa shape index (κ2) is 6.13. The van der Waals surface area contributed by atoms with Crippen LogP contribution in [0.3, 0.4) is 0 Å². The Labute approximate surface area is 141 Å². The normalized spacial score (nSPS) is 12.3. The number of aryl methyl sites for hydroxylation is 1.